The highest BCUT2D eigenvalue weighted by molar-refractivity contribution is 5.83. The molecule has 13 heteroatoms. The number of carbonyl (C=O) groups excluding carboxylic acids is 2. The second-order valence-electron chi connectivity index (χ2n) is 9.79. The van der Waals surface area contributed by atoms with E-state index in [-0.39, 0.29) is 38.2 Å². The van der Waals surface area contributed by atoms with Gasteiger partial charge in [-0.15, -0.1) is 0 Å². The highest BCUT2D eigenvalue weighted by Gasteiger charge is 2.53. The summed E-state index contributed by atoms with van der Waals surface area (Å²) >= 11 is 0. The molecule has 7 nitrogen and oxygen atoms in total. The molecule has 2 fully saturated rings. The maximum atomic E-state index is 13.8. The van der Waals surface area contributed by atoms with Crippen molar-refractivity contribution in [2.75, 3.05) is 26.2 Å². The van der Waals surface area contributed by atoms with Crippen LogP contribution in [0, 0.1) is 11.3 Å². The van der Waals surface area contributed by atoms with E-state index in [2.05, 4.69) is 5.32 Å². The van der Waals surface area contributed by atoms with E-state index in [4.69, 9.17) is 10.00 Å². The zero-order valence-corrected chi connectivity index (χ0v) is 19.8. The molecular formula is C23H26F6N4O3. The van der Waals surface area contributed by atoms with Gasteiger partial charge in [-0.2, -0.15) is 31.6 Å². The first-order valence-electron chi connectivity index (χ1n) is 11.2. The molecule has 0 spiro atoms. The van der Waals surface area contributed by atoms with Crippen LogP contribution in [0.3, 0.4) is 0 Å². The van der Waals surface area contributed by atoms with Gasteiger partial charge < -0.3 is 14.5 Å². The first-order valence-corrected chi connectivity index (χ1v) is 11.2. The number of carbonyl (C=O) groups is 2. The van der Waals surface area contributed by atoms with Gasteiger partial charge in [0.2, 0.25) is 5.91 Å². The van der Waals surface area contributed by atoms with Crippen LogP contribution in [-0.4, -0.2) is 71.8 Å². The first kappa shape index (κ1) is 27.6. The molecule has 3 atom stereocenters. The van der Waals surface area contributed by atoms with E-state index in [0.717, 1.165) is 12.1 Å². The topological polar surface area (TPSA) is 85.7 Å². The van der Waals surface area contributed by atoms with Crippen LogP contribution in [0.1, 0.15) is 49.8 Å². The van der Waals surface area contributed by atoms with Crippen molar-refractivity contribution in [1.82, 2.24) is 15.1 Å². The molecule has 36 heavy (non-hydrogen) atoms. The fourth-order valence-corrected chi connectivity index (χ4v) is 4.40. The molecule has 198 valence electrons. The summed E-state index contributed by atoms with van der Waals surface area (Å²) in [5, 5.41) is 11.2. The van der Waals surface area contributed by atoms with Crippen LogP contribution in [0.4, 0.5) is 31.1 Å². The van der Waals surface area contributed by atoms with E-state index in [9.17, 15) is 35.9 Å². The minimum absolute atomic E-state index is 0.0761. The second kappa shape index (κ2) is 9.80. The van der Waals surface area contributed by atoms with Gasteiger partial charge in [0.15, 0.2) is 0 Å². The lowest BCUT2D eigenvalue weighted by atomic mass is 9.88. The van der Waals surface area contributed by atoms with Crippen molar-refractivity contribution >= 4 is 12.0 Å². The molecule has 0 aromatic heterocycles. The number of amides is 2. The Morgan fingerprint density at radius 2 is 1.61 bits per heavy atom. The third kappa shape index (κ3) is 6.21. The highest BCUT2D eigenvalue weighted by Crippen LogP contribution is 2.42. The minimum Gasteiger partial charge on any atom is -0.444 e. The van der Waals surface area contributed by atoms with E-state index >= 15 is 0 Å². The third-order valence-electron chi connectivity index (χ3n) is 6.06. The molecular weight excluding hydrogens is 494 g/mol. The lowest BCUT2D eigenvalue weighted by molar-refractivity contribution is -0.157. The van der Waals surface area contributed by atoms with Crippen LogP contribution in [0.5, 0.6) is 0 Å². The molecule has 2 heterocycles. The van der Waals surface area contributed by atoms with Gasteiger partial charge in [-0.25, -0.2) is 4.79 Å². The average molecular weight is 520 g/mol. The fourth-order valence-electron chi connectivity index (χ4n) is 4.40. The maximum absolute atomic E-state index is 13.8. The standard InChI is InChI=1S/C23H26F6N4O3/c1-21(2,3)36-20(35)33-8-6-32(7-9-33)19(34)17-11-15(18(31-17)23(27,28)29)13-4-5-14(12-30)16(10-13)22(24,25)26/h4-5,10,15,17-18,31H,6-9,11H2,1-3H3/t15?,17-,18+/m0/s1. The van der Waals surface area contributed by atoms with Crippen molar-refractivity contribution < 1.29 is 40.7 Å². The maximum Gasteiger partial charge on any atom is 0.417 e. The van der Waals surface area contributed by atoms with E-state index in [1.165, 1.54) is 15.9 Å². The normalized spacial score (nSPS) is 23.4. The molecule has 0 bridgehead atoms. The van der Waals surface area contributed by atoms with Crippen LogP contribution in [0.2, 0.25) is 0 Å². The highest BCUT2D eigenvalue weighted by atomic mass is 19.4. The number of rotatable bonds is 2. The number of benzene rings is 1. The zero-order chi connectivity index (χ0) is 27.1. The van der Waals surface area contributed by atoms with Gasteiger partial charge >= 0.3 is 18.4 Å². The molecule has 1 N–H and O–H groups in total. The SMILES string of the molecule is CC(C)(C)OC(=O)N1CCN(C(=O)[C@@H]2CC(c3ccc(C#N)c(C(F)(F)F)c3)[C@H](C(F)(F)F)N2)CC1. The van der Waals surface area contributed by atoms with Gasteiger partial charge in [0.25, 0.3) is 0 Å². The molecule has 2 saturated heterocycles. The Hall–Kier alpha value is -3.01. The number of nitrogens with zero attached hydrogens (tertiary/aromatic N) is 3. The zero-order valence-electron chi connectivity index (χ0n) is 19.8. The van der Waals surface area contributed by atoms with Gasteiger partial charge in [0.05, 0.1) is 23.2 Å². The lowest BCUT2D eigenvalue weighted by Gasteiger charge is -2.36. The molecule has 0 saturated carbocycles. The number of halogens is 6. The summed E-state index contributed by atoms with van der Waals surface area (Å²) in [5.74, 6) is -2.09. The molecule has 1 unspecified atom stereocenters. The summed E-state index contributed by atoms with van der Waals surface area (Å²) < 4.78 is 86.8. The van der Waals surface area contributed by atoms with Crippen molar-refractivity contribution in [2.45, 2.75) is 63.1 Å². The quantitative estimate of drug-likeness (QED) is 0.596. The number of piperazine rings is 1. The predicted molar refractivity (Wildman–Crippen MR) is 115 cm³/mol. The summed E-state index contributed by atoms with van der Waals surface area (Å²) in [6, 6.07) is 0.331. The predicted octanol–water partition coefficient (Wildman–Crippen LogP) is 4.03. The summed E-state index contributed by atoms with van der Waals surface area (Å²) in [4.78, 5) is 28.0. The third-order valence-corrected chi connectivity index (χ3v) is 6.06. The molecule has 2 amide bonds. The molecule has 1 aromatic rings. The van der Waals surface area contributed by atoms with E-state index < -0.39 is 59.1 Å². The largest absolute Gasteiger partial charge is 0.444 e. The van der Waals surface area contributed by atoms with E-state index in [1.807, 2.05) is 0 Å². The average Bonchev–Trinajstić information content (AvgIpc) is 3.22. The van der Waals surface area contributed by atoms with E-state index in [1.54, 1.807) is 20.8 Å². The summed E-state index contributed by atoms with van der Waals surface area (Å²) in [6.45, 7) is 5.52. The van der Waals surface area contributed by atoms with Crippen LogP contribution >= 0.6 is 0 Å². The summed E-state index contributed by atoms with van der Waals surface area (Å²) in [7, 11) is 0. The monoisotopic (exact) mass is 520 g/mol. The van der Waals surface area contributed by atoms with Crippen molar-refractivity contribution in [3.63, 3.8) is 0 Å². The summed E-state index contributed by atoms with van der Waals surface area (Å²) in [6.07, 6.45) is -10.7. The Morgan fingerprint density at radius 3 is 2.11 bits per heavy atom. The van der Waals surface area contributed by atoms with Crippen LogP contribution < -0.4 is 5.32 Å². The molecule has 2 aliphatic rings. The van der Waals surface area contributed by atoms with Gasteiger partial charge in [0, 0.05) is 32.1 Å². The van der Waals surface area contributed by atoms with Crippen molar-refractivity contribution in [3.8, 4) is 6.07 Å². The molecule has 0 aliphatic carbocycles. The fraction of sp³-hybridized carbons (Fsp3) is 0.609. The number of hydrogen-bond acceptors (Lipinski definition) is 5. The second-order valence-corrected chi connectivity index (χ2v) is 9.79. The first-order chi connectivity index (χ1) is 16.5. The van der Waals surface area contributed by atoms with Crippen molar-refractivity contribution in [1.29, 1.82) is 5.26 Å². The Balaban J connectivity index is 1.76. The van der Waals surface area contributed by atoms with Crippen molar-refractivity contribution in [3.05, 3.63) is 34.9 Å². The van der Waals surface area contributed by atoms with Crippen LogP contribution in [-0.2, 0) is 15.7 Å². The Kier molecular flexibility index (Phi) is 7.51. The summed E-state index contributed by atoms with van der Waals surface area (Å²) in [5.41, 5.74) is -2.99. The van der Waals surface area contributed by atoms with Gasteiger partial charge in [-0.05, 0) is 44.9 Å². The van der Waals surface area contributed by atoms with Gasteiger partial charge in [-0.1, -0.05) is 6.07 Å². The van der Waals surface area contributed by atoms with Gasteiger partial charge in [0.1, 0.15) is 11.6 Å². The number of hydrogen-bond donors (Lipinski definition) is 1. The molecule has 0 radical (unpaired) electrons. The lowest BCUT2D eigenvalue weighted by Crippen LogP contribution is -2.55. The van der Waals surface area contributed by atoms with E-state index in [0.29, 0.717) is 6.07 Å². The van der Waals surface area contributed by atoms with Gasteiger partial charge in [-0.3, -0.25) is 10.1 Å². The number of ether oxygens (including phenoxy) is 1. The number of nitriles is 1. The number of alkyl halides is 6. The smallest absolute Gasteiger partial charge is 0.417 e. The minimum atomic E-state index is -4.93. The Bertz CT molecular complexity index is 1040. The van der Waals surface area contributed by atoms with Crippen molar-refractivity contribution in [2.24, 2.45) is 0 Å². The molecule has 2 aliphatic heterocycles. The Morgan fingerprint density at radius 1 is 1.03 bits per heavy atom. The Labute approximate surface area is 204 Å². The molecule has 3 rings (SSSR count). The molecule has 1 aromatic carbocycles. The van der Waals surface area contributed by atoms with Crippen LogP contribution in [0.15, 0.2) is 18.2 Å². The number of nitrogens with one attached hydrogen (secondary N) is 1. The van der Waals surface area contributed by atoms with Crippen LogP contribution in [0.25, 0.3) is 0 Å².